The van der Waals surface area contributed by atoms with Gasteiger partial charge in [0.25, 0.3) is 5.91 Å². The van der Waals surface area contributed by atoms with Gasteiger partial charge in [-0.25, -0.2) is 4.39 Å². The fourth-order valence-electron chi connectivity index (χ4n) is 3.04. The summed E-state index contributed by atoms with van der Waals surface area (Å²) in [6.45, 7) is 0.382. The van der Waals surface area contributed by atoms with E-state index in [1.54, 1.807) is 4.90 Å². The second kappa shape index (κ2) is 9.12. The van der Waals surface area contributed by atoms with E-state index in [1.165, 1.54) is 24.3 Å². The first-order chi connectivity index (χ1) is 13.5. The minimum Gasteiger partial charge on any atom is -0.455 e. The highest BCUT2D eigenvalue weighted by Gasteiger charge is 2.35. The number of hydrogen-bond donors (Lipinski definition) is 1. The van der Waals surface area contributed by atoms with Crippen LogP contribution in [0.4, 0.5) is 10.1 Å². The van der Waals surface area contributed by atoms with Crippen molar-refractivity contribution in [3.63, 3.8) is 0 Å². The largest absolute Gasteiger partial charge is 0.455 e. The first-order valence-corrected chi connectivity index (χ1v) is 9.05. The number of ether oxygens (including phenoxy) is 1. The molecule has 146 valence electrons. The number of carbonyl (C=O) groups excluding carboxylic acids is 3. The van der Waals surface area contributed by atoms with Gasteiger partial charge >= 0.3 is 5.97 Å². The van der Waals surface area contributed by atoms with Crippen LogP contribution in [0.3, 0.4) is 0 Å². The summed E-state index contributed by atoms with van der Waals surface area (Å²) in [4.78, 5) is 37.8. The number of likely N-dealkylation sites (tertiary alicyclic amines) is 1. The number of benzene rings is 2. The summed E-state index contributed by atoms with van der Waals surface area (Å²) in [5.74, 6) is -2.15. The van der Waals surface area contributed by atoms with Gasteiger partial charge in [-0.15, -0.1) is 0 Å². The van der Waals surface area contributed by atoms with E-state index in [0.29, 0.717) is 25.2 Å². The summed E-state index contributed by atoms with van der Waals surface area (Å²) < 4.78 is 17.9. The van der Waals surface area contributed by atoms with Crippen molar-refractivity contribution in [3.05, 3.63) is 66.0 Å². The molecule has 7 heteroatoms. The fourth-order valence-corrected chi connectivity index (χ4v) is 3.04. The molecule has 1 atom stereocenters. The molecule has 1 aliphatic rings. The number of anilines is 1. The van der Waals surface area contributed by atoms with Crippen LogP contribution in [0.25, 0.3) is 0 Å². The molecule has 0 aliphatic carbocycles. The molecule has 1 heterocycles. The van der Waals surface area contributed by atoms with Gasteiger partial charge in [0.05, 0.1) is 5.92 Å². The Morgan fingerprint density at radius 1 is 1.11 bits per heavy atom. The number of nitrogens with one attached hydrogen (secondary N) is 1. The van der Waals surface area contributed by atoms with Gasteiger partial charge in [0, 0.05) is 25.2 Å². The molecule has 1 N–H and O–H groups in total. The van der Waals surface area contributed by atoms with Crippen molar-refractivity contribution >= 4 is 23.5 Å². The molecule has 0 saturated carbocycles. The van der Waals surface area contributed by atoms with Gasteiger partial charge < -0.3 is 15.0 Å². The third-order valence-electron chi connectivity index (χ3n) is 4.53. The second-order valence-corrected chi connectivity index (χ2v) is 6.64. The van der Waals surface area contributed by atoms with Crippen molar-refractivity contribution in [3.8, 4) is 0 Å². The maximum Gasteiger partial charge on any atom is 0.311 e. The Balaban J connectivity index is 1.42. The number of carbonyl (C=O) groups is 3. The Bertz CT molecular complexity index is 839. The van der Waals surface area contributed by atoms with Gasteiger partial charge in [-0.2, -0.15) is 0 Å². The molecular formula is C21H21FN2O4. The fraction of sp³-hybridized carbons (Fsp3) is 0.286. The Hall–Kier alpha value is -3.22. The van der Waals surface area contributed by atoms with Crippen molar-refractivity contribution in [1.82, 2.24) is 4.90 Å². The molecule has 0 aromatic heterocycles. The van der Waals surface area contributed by atoms with Gasteiger partial charge in [0.2, 0.25) is 5.91 Å². The highest BCUT2D eigenvalue weighted by molar-refractivity contribution is 5.93. The minimum atomic E-state index is -0.568. The quantitative estimate of drug-likeness (QED) is 0.744. The van der Waals surface area contributed by atoms with Crippen molar-refractivity contribution in [1.29, 1.82) is 0 Å². The summed E-state index contributed by atoms with van der Waals surface area (Å²) in [5, 5.41) is 2.51. The van der Waals surface area contributed by atoms with Crippen LogP contribution in [0.5, 0.6) is 0 Å². The summed E-state index contributed by atoms with van der Waals surface area (Å²) >= 11 is 0. The Kier molecular flexibility index (Phi) is 6.37. The third kappa shape index (κ3) is 5.39. The lowest BCUT2D eigenvalue weighted by Crippen LogP contribution is -2.29. The number of halogens is 1. The van der Waals surface area contributed by atoms with Gasteiger partial charge in [-0.1, -0.05) is 30.3 Å². The smallest absolute Gasteiger partial charge is 0.311 e. The van der Waals surface area contributed by atoms with E-state index in [0.717, 1.165) is 5.56 Å². The highest BCUT2D eigenvalue weighted by atomic mass is 19.1. The summed E-state index contributed by atoms with van der Waals surface area (Å²) in [5.41, 5.74) is 1.53. The Labute approximate surface area is 162 Å². The summed E-state index contributed by atoms with van der Waals surface area (Å²) in [7, 11) is 0. The van der Waals surface area contributed by atoms with Gasteiger partial charge in [-0.3, -0.25) is 14.4 Å². The highest BCUT2D eigenvalue weighted by Crippen LogP contribution is 2.20. The van der Waals surface area contributed by atoms with E-state index < -0.39 is 30.2 Å². The van der Waals surface area contributed by atoms with Crippen molar-refractivity contribution in [2.75, 3.05) is 25.0 Å². The standard InChI is InChI=1S/C21H21FN2O4/c22-17-6-8-18(9-7-17)23-19(25)14-28-21(27)16-12-20(26)24(13-16)11-10-15-4-2-1-3-5-15/h1-9,16H,10-14H2,(H,23,25)/t16-/m1/s1. The van der Waals surface area contributed by atoms with Crippen LogP contribution in [0.1, 0.15) is 12.0 Å². The maximum absolute atomic E-state index is 12.9. The van der Waals surface area contributed by atoms with Crippen LogP contribution >= 0.6 is 0 Å². The van der Waals surface area contributed by atoms with Crippen LogP contribution in [0, 0.1) is 11.7 Å². The molecule has 1 aliphatic heterocycles. The molecule has 2 amide bonds. The normalized spacial score (nSPS) is 16.1. The molecule has 2 aromatic carbocycles. The SMILES string of the molecule is O=C(COC(=O)[C@@H]1CC(=O)N(CCc2ccccc2)C1)Nc1ccc(F)cc1. The maximum atomic E-state index is 12.9. The zero-order valence-electron chi connectivity index (χ0n) is 15.3. The number of rotatable bonds is 7. The molecule has 0 radical (unpaired) electrons. The number of amides is 2. The average Bonchev–Trinajstić information content (AvgIpc) is 3.08. The van der Waals surface area contributed by atoms with Crippen LogP contribution in [-0.4, -0.2) is 42.4 Å². The monoisotopic (exact) mass is 384 g/mol. The Morgan fingerprint density at radius 3 is 2.54 bits per heavy atom. The lowest BCUT2D eigenvalue weighted by atomic mass is 10.1. The molecule has 6 nitrogen and oxygen atoms in total. The molecular weight excluding hydrogens is 363 g/mol. The first kappa shape index (κ1) is 19.5. The van der Waals surface area contributed by atoms with Crippen LogP contribution in [0.2, 0.25) is 0 Å². The van der Waals surface area contributed by atoms with E-state index in [9.17, 15) is 18.8 Å². The van der Waals surface area contributed by atoms with E-state index in [4.69, 9.17) is 4.74 Å². The zero-order chi connectivity index (χ0) is 19.9. The number of nitrogens with zero attached hydrogens (tertiary/aromatic N) is 1. The number of esters is 1. The van der Waals surface area contributed by atoms with E-state index in [1.807, 2.05) is 30.3 Å². The lowest BCUT2D eigenvalue weighted by Gasteiger charge is -2.16. The lowest BCUT2D eigenvalue weighted by molar-refractivity contribution is -0.151. The predicted molar refractivity (Wildman–Crippen MR) is 101 cm³/mol. The molecule has 3 rings (SSSR count). The summed E-state index contributed by atoms with van der Waals surface area (Å²) in [6.07, 6.45) is 0.807. The number of hydrogen-bond acceptors (Lipinski definition) is 4. The third-order valence-corrected chi connectivity index (χ3v) is 4.53. The van der Waals surface area contributed by atoms with Gasteiger partial charge in [0.1, 0.15) is 5.82 Å². The first-order valence-electron chi connectivity index (χ1n) is 9.05. The van der Waals surface area contributed by atoms with Crippen molar-refractivity contribution < 1.29 is 23.5 Å². The molecule has 1 fully saturated rings. The molecule has 0 spiro atoms. The van der Waals surface area contributed by atoms with Crippen molar-refractivity contribution in [2.45, 2.75) is 12.8 Å². The average molecular weight is 384 g/mol. The molecule has 0 unspecified atom stereocenters. The van der Waals surface area contributed by atoms with Crippen LogP contribution in [0.15, 0.2) is 54.6 Å². The van der Waals surface area contributed by atoms with E-state index in [-0.39, 0.29) is 12.3 Å². The zero-order valence-corrected chi connectivity index (χ0v) is 15.3. The molecule has 28 heavy (non-hydrogen) atoms. The summed E-state index contributed by atoms with van der Waals surface area (Å²) in [6, 6.07) is 15.1. The van der Waals surface area contributed by atoms with E-state index >= 15 is 0 Å². The van der Waals surface area contributed by atoms with Gasteiger partial charge in [-0.05, 0) is 36.2 Å². The van der Waals surface area contributed by atoms with Gasteiger partial charge in [0.15, 0.2) is 6.61 Å². The van der Waals surface area contributed by atoms with E-state index in [2.05, 4.69) is 5.32 Å². The van der Waals surface area contributed by atoms with Crippen molar-refractivity contribution in [2.24, 2.45) is 5.92 Å². The van der Waals surface area contributed by atoms with Crippen LogP contribution < -0.4 is 5.32 Å². The molecule has 1 saturated heterocycles. The van der Waals surface area contributed by atoms with Crippen LogP contribution in [-0.2, 0) is 25.5 Å². The topological polar surface area (TPSA) is 75.7 Å². The molecule has 2 aromatic rings. The Morgan fingerprint density at radius 2 is 1.82 bits per heavy atom. The molecule has 0 bridgehead atoms. The predicted octanol–water partition coefficient (Wildman–Crippen LogP) is 2.40. The minimum absolute atomic E-state index is 0.0892. The second-order valence-electron chi connectivity index (χ2n) is 6.64.